The van der Waals surface area contributed by atoms with Crippen LogP contribution in [0.2, 0.25) is 0 Å². The lowest BCUT2D eigenvalue weighted by atomic mass is 10.1. The summed E-state index contributed by atoms with van der Waals surface area (Å²) in [7, 11) is 0. The van der Waals surface area contributed by atoms with E-state index in [9.17, 15) is 0 Å². The van der Waals surface area contributed by atoms with Crippen molar-refractivity contribution in [2.45, 2.75) is 19.2 Å². The summed E-state index contributed by atoms with van der Waals surface area (Å²) in [6.07, 6.45) is 0.913. The van der Waals surface area contributed by atoms with E-state index < -0.39 is 0 Å². The van der Waals surface area contributed by atoms with Gasteiger partial charge in [0.1, 0.15) is 5.75 Å². The molecule has 0 bridgehead atoms. The molecule has 94 valence electrons. The summed E-state index contributed by atoms with van der Waals surface area (Å²) in [6.45, 7) is 2.77. The predicted molar refractivity (Wildman–Crippen MR) is 76.4 cm³/mol. The lowest BCUT2D eigenvalue weighted by Crippen LogP contribution is -2.01. The number of aryl methyl sites for hydroxylation is 1. The molecule has 0 radical (unpaired) electrons. The molecular weight excluding hydrogens is 244 g/mol. The highest BCUT2D eigenvalue weighted by molar-refractivity contribution is 6.17. The van der Waals surface area contributed by atoms with E-state index in [0.29, 0.717) is 12.5 Å². The molecule has 0 saturated heterocycles. The summed E-state index contributed by atoms with van der Waals surface area (Å²) in [4.78, 5) is 0. The van der Waals surface area contributed by atoms with Crippen molar-refractivity contribution in [2.24, 2.45) is 0 Å². The van der Waals surface area contributed by atoms with Crippen LogP contribution in [0.15, 0.2) is 48.5 Å². The third-order valence-corrected chi connectivity index (χ3v) is 3.17. The van der Waals surface area contributed by atoms with Gasteiger partial charge < -0.3 is 4.74 Å². The van der Waals surface area contributed by atoms with Crippen LogP contribution >= 0.6 is 11.6 Å². The molecule has 0 unspecified atom stereocenters. The number of hydrogen-bond acceptors (Lipinski definition) is 1. The number of halogens is 1. The first-order valence-electron chi connectivity index (χ1n) is 6.11. The van der Waals surface area contributed by atoms with Gasteiger partial charge in [0.15, 0.2) is 0 Å². The number of ether oxygens (including phenoxy) is 1. The first-order valence-corrected chi connectivity index (χ1v) is 6.64. The van der Waals surface area contributed by atoms with Crippen molar-refractivity contribution in [1.29, 1.82) is 0 Å². The second-order valence-electron chi connectivity index (χ2n) is 4.36. The molecule has 2 aromatic carbocycles. The van der Waals surface area contributed by atoms with Crippen molar-refractivity contribution in [3.63, 3.8) is 0 Å². The van der Waals surface area contributed by atoms with E-state index in [2.05, 4.69) is 43.3 Å². The van der Waals surface area contributed by atoms with E-state index in [0.717, 1.165) is 17.7 Å². The molecule has 0 aromatic heterocycles. The van der Waals surface area contributed by atoms with Crippen LogP contribution in [0.3, 0.4) is 0 Å². The second-order valence-corrected chi connectivity index (χ2v) is 4.63. The average molecular weight is 261 g/mol. The Kier molecular flexibility index (Phi) is 4.66. The average Bonchev–Trinajstić information content (AvgIpc) is 2.42. The lowest BCUT2D eigenvalue weighted by molar-refractivity contribution is 0.322. The first kappa shape index (κ1) is 13.0. The molecule has 0 saturated carbocycles. The van der Waals surface area contributed by atoms with Gasteiger partial charge in [0.05, 0.1) is 6.61 Å². The Balaban J connectivity index is 1.82. The van der Waals surface area contributed by atoms with Gasteiger partial charge in [-0.1, -0.05) is 42.0 Å². The molecule has 0 fully saturated rings. The highest BCUT2D eigenvalue weighted by Gasteiger charge is 1.96. The van der Waals surface area contributed by atoms with Crippen LogP contribution in [0, 0.1) is 6.92 Å². The van der Waals surface area contributed by atoms with Crippen LogP contribution in [-0.4, -0.2) is 6.61 Å². The summed E-state index contributed by atoms with van der Waals surface area (Å²) < 4.78 is 5.70. The standard InChI is InChI=1S/C16H17ClO/c1-13-2-8-16(9-3-13)18-11-10-14-4-6-15(12-17)7-5-14/h2-9H,10-12H2,1H3. The minimum Gasteiger partial charge on any atom is -0.493 e. The zero-order chi connectivity index (χ0) is 12.8. The molecular formula is C16H17ClO. The fourth-order valence-corrected chi connectivity index (χ4v) is 1.89. The summed E-state index contributed by atoms with van der Waals surface area (Å²) in [6, 6.07) is 16.5. The molecule has 2 heteroatoms. The fraction of sp³-hybridized carbons (Fsp3) is 0.250. The first-order chi connectivity index (χ1) is 8.78. The third-order valence-electron chi connectivity index (χ3n) is 2.86. The molecule has 0 amide bonds. The van der Waals surface area contributed by atoms with Gasteiger partial charge in [0, 0.05) is 12.3 Å². The molecule has 1 nitrogen and oxygen atoms in total. The van der Waals surface area contributed by atoms with Crippen LogP contribution < -0.4 is 4.74 Å². The SMILES string of the molecule is Cc1ccc(OCCc2ccc(CCl)cc2)cc1. The van der Waals surface area contributed by atoms with Crippen molar-refractivity contribution < 1.29 is 4.74 Å². The molecule has 0 aliphatic carbocycles. The smallest absolute Gasteiger partial charge is 0.119 e. The highest BCUT2D eigenvalue weighted by Crippen LogP contribution is 2.12. The maximum absolute atomic E-state index is 5.75. The van der Waals surface area contributed by atoms with Gasteiger partial charge in [-0.3, -0.25) is 0 Å². The van der Waals surface area contributed by atoms with Crippen LogP contribution in [0.25, 0.3) is 0 Å². The molecule has 0 aliphatic heterocycles. The van der Waals surface area contributed by atoms with Gasteiger partial charge >= 0.3 is 0 Å². The molecule has 0 heterocycles. The molecule has 0 N–H and O–H groups in total. The van der Waals surface area contributed by atoms with Crippen molar-refractivity contribution in [3.8, 4) is 5.75 Å². The zero-order valence-corrected chi connectivity index (χ0v) is 11.3. The largest absolute Gasteiger partial charge is 0.493 e. The molecule has 2 aromatic rings. The minimum atomic E-state index is 0.570. The minimum absolute atomic E-state index is 0.570. The number of alkyl halides is 1. The molecule has 2 rings (SSSR count). The Hall–Kier alpha value is -1.47. The van der Waals surface area contributed by atoms with Gasteiger partial charge in [0.2, 0.25) is 0 Å². The highest BCUT2D eigenvalue weighted by atomic mass is 35.5. The number of benzene rings is 2. The summed E-state index contributed by atoms with van der Waals surface area (Å²) in [5.41, 5.74) is 3.68. The molecule has 0 atom stereocenters. The van der Waals surface area contributed by atoms with E-state index in [1.165, 1.54) is 11.1 Å². The topological polar surface area (TPSA) is 9.23 Å². The normalized spacial score (nSPS) is 10.3. The Morgan fingerprint density at radius 2 is 1.50 bits per heavy atom. The Morgan fingerprint density at radius 1 is 0.889 bits per heavy atom. The van der Waals surface area contributed by atoms with E-state index in [1.807, 2.05) is 12.1 Å². The molecule has 0 spiro atoms. The van der Waals surface area contributed by atoms with Crippen LogP contribution in [-0.2, 0) is 12.3 Å². The fourth-order valence-electron chi connectivity index (χ4n) is 1.72. The van der Waals surface area contributed by atoms with Crippen LogP contribution in [0.5, 0.6) is 5.75 Å². The number of rotatable bonds is 5. The summed E-state index contributed by atoms with van der Waals surface area (Å²) in [5.74, 6) is 1.50. The molecule has 18 heavy (non-hydrogen) atoms. The predicted octanol–water partition coefficient (Wildman–Crippen LogP) is 4.36. The van der Waals surface area contributed by atoms with E-state index in [1.54, 1.807) is 0 Å². The van der Waals surface area contributed by atoms with Gasteiger partial charge in [-0.15, -0.1) is 11.6 Å². The van der Waals surface area contributed by atoms with Crippen molar-refractivity contribution in [2.75, 3.05) is 6.61 Å². The second kappa shape index (κ2) is 6.46. The maximum Gasteiger partial charge on any atom is 0.119 e. The Bertz CT molecular complexity index is 473. The van der Waals surface area contributed by atoms with Crippen LogP contribution in [0.4, 0.5) is 0 Å². The Morgan fingerprint density at radius 3 is 2.11 bits per heavy atom. The zero-order valence-electron chi connectivity index (χ0n) is 10.5. The lowest BCUT2D eigenvalue weighted by Gasteiger charge is -2.07. The van der Waals surface area contributed by atoms with E-state index >= 15 is 0 Å². The van der Waals surface area contributed by atoms with E-state index in [-0.39, 0.29) is 0 Å². The van der Waals surface area contributed by atoms with Gasteiger partial charge in [-0.05, 0) is 30.2 Å². The number of hydrogen-bond donors (Lipinski definition) is 0. The molecule has 0 aliphatic rings. The van der Waals surface area contributed by atoms with Gasteiger partial charge in [-0.25, -0.2) is 0 Å². The van der Waals surface area contributed by atoms with Crippen LogP contribution in [0.1, 0.15) is 16.7 Å². The third kappa shape index (κ3) is 3.78. The maximum atomic E-state index is 5.75. The van der Waals surface area contributed by atoms with Crippen molar-refractivity contribution in [3.05, 3.63) is 65.2 Å². The summed E-state index contributed by atoms with van der Waals surface area (Å²) in [5, 5.41) is 0. The van der Waals surface area contributed by atoms with Crippen molar-refractivity contribution >= 4 is 11.6 Å². The van der Waals surface area contributed by atoms with Crippen molar-refractivity contribution in [1.82, 2.24) is 0 Å². The van der Waals surface area contributed by atoms with Gasteiger partial charge in [0.25, 0.3) is 0 Å². The van der Waals surface area contributed by atoms with Gasteiger partial charge in [-0.2, -0.15) is 0 Å². The van der Waals surface area contributed by atoms with E-state index in [4.69, 9.17) is 16.3 Å². The monoisotopic (exact) mass is 260 g/mol. The Labute approximate surface area is 113 Å². The quantitative estimate of drug-likeness (QED) is 0.726. The summed E-state index contributed by atoms with van der Waals surface area (Å²) >= 11 is 5.75.